The maximum Gasteiger partial charge on any atom is 0.307 e. The Balaban J connectivity index is 2.28. The molecule has 1 aliphatic heterocycles. The third-order valence-corrected chi connectivity index (χ3v) is 2.86. The highest BCUT2D eigenvalue weighted by Gasteiger charge is 2.41. The summed E-state index contributed by atoms with van der Waals surface area (Å²) in [6.07, 6.45) is 3.42. The number of aliphatic imine (C=N–C) groups is 1. The number of pyridine rings is 1. The molecule has 2 rings (SSSR count). The molecule has 1 amide bonds. The van der Waals surface area contributed by atoms with Crippen LogP contribution < -0.4 is 0 Å². The van der Waals surface area contributed by atoms with Gasteiger partial charge in [0.15, 0.2) is 0 Å². The van der Waals surface area contributed by atoms with Crippen molar-refractivity contribution in [3.63, 3.8) is 0 Å². The molecular weight excluding hydrogens is 232 g/mol. The summed E-state index contributed by atoms with van der Waals surface area (Å²) in [7, 11) is 0. The summed E-state index contributed by atoms with van der Waals surface area (Å²) in [5.41, 5.74) is -0.0717. The predicted octanol–water partition coefficient (Wildman–Crippen LogP) is 1.27. The van der Waals surface area contributed by atoms with E-state index in [-0.39, 0.29) is 24.7 Å². The van der Waals surface area contributed by atoms with Crippen LogP contribution in [0.4, 0.5) is 0 Å². The topological polar surface area (TPSA) is 68.6 Å². The average molecular weight is 246 g/mol. The van der Waals surface area contributed by atoms with Crippen LogP contribution in [-0.2, 0) is 19.7 Å². The molecule has 0 fully saturated rings. The van der Waals surface area contributed by atoms with Crippen LogP contribution in [0.2, 0.25) is 0 Å². The molecule has 1 unspecified atom stereocenters. The van der Waals surface area contributed by atoms with Crippen molar-refractivity contribution in [2.75, 3.05) is 6.61 Å². The fourth-order valence-electron chi connectivity index (χ4n) is 2.04. The Bertz CT molecular complexity index is 484. The van der Waals surface area contributed by atoms with Crippen LogP contribution in [0.1, 0.15) is 25.5 Å². The zero-order chi connectivity index (χ0) is 13.0. The van der Waals surface area contributed by atoms with Gasteiger partial charge in [0, 0.05) is 18.8 Å². The molecule has 5 heteroatoms. The lowest BCUT2D eigenvalue weighted by molar-refractivity contribution is -0.144. The second kappa shape index (κ2) is 5.08. The zero-order valence-corrected chi connectivity index (χ0v) is 10.1. The van der Waals surface area contributed by atoms with E-state index in [1.165, 1.54) is 6.21 Å². The van der Waals surface area contributed by atoms with Crippen LogP contribution in [0.15, 0.2) is 29.4 Å². The summed E-state index contributed by atoms with van der Waals surface area (Å²) in [6.45, 7) is 2.07. The maximum absolute atomic E-state index is 11.7. The number of nitrogens with zero attached hydrogens (tertiary/aromatic N) is 2. The van der Waals surface area contributed by atoms with Gasteiger partial charge in [-0.3, -0.25) is 14.6 Å². The predicted molar refractivity (Wildman–Crippen MR) is 65.3 cm³/mol. The van der Waals surface area contributed by atoms with Gasteiger partial charge in [0.05, 0.1) is 24.1 Å². The molecule has 2 heterocycles. The largest absolute Gasteiger partial charge is 0.466 e. The molecule has 0 aromatic carbocycles. The van der Waals surface area contributed by atoms with Gasteiger partial charge in [-0.15, -0.1) is 0 Å². The fraction of sp³-hybridized carbons (Fsp3) is 0.385. The molecule has 0 N–H and O–H groups in total. The second-order valence-corrected chi connectivity index (χ2v) is 4.18. The smallest absolute Gasteiger partial charge is 0.307 e. The van der Waals surface area contributed by atoms with E-state index in [0.717, 1.165) is 0 Å². The maximum atomic E-state index is 11.7. The first-order chi connectivity index (χ1) is 8.66. The molecule has 94 valence electrons. The van der Waals surface area contributed by atoms with Crippen molar-refractivity contribution in [2.45, 2.75) is 25.2 Å². The monoisotopic (exact) mass is 246 g/mol. The first-order valence-corrected chi connectivity index (χ1v) is 5.81. The number of ether oxygens (including phenoxy) is 1. The van der Waals surface area contributed by atoms with Crippen molar-refractivity contribution in [3.05, 3.63) is 30.1 Å². The number of carbonyl (C=O) groups is 2. The van der Waals surface area contributed by atoms with E-state index in [2.05, 4.69) is 9.98 Å². The van der Waals surface area contributed by atoms with Gasteiger partial charge in [0.2, 0.25) is 5.91 Å². The van der Waals surface area contributed by atoms with E-state index >= 15 is 0 Å². The van der Waals surface area contributed by atoms with Crippen molar-refractivity contribution >= 4 is 18.1 Å². The Morgan fingerprint density at radius 2 is 2.33 bits per heavy atom. The van der Waals surface area contributed by atoms with Crippen molar-refractivity contribution < 1.29 is 14.3 Å². The minimum atomic E-state index is -0.745. The third kappa shape index (κ3) is 2.45. The highest BCUT2D eigenvalue weighted by molar-refractivity contribution is 6.00. The Labute approximate surface area is 105 Å². The van der Waals surface area contributed by atoms with Crippen LogP contribution >= 0.6 is 0 Å². The van der Waals surface area contributed by atoms with Crippen LogP contribution in [0, 0.1) is 0 Å². The molecule has 0 bridgehead atoms. The molecule has 1 aliphatic rings. The zero-order valence-electron chi connectivity index (χ0n) is 10.1. The van der Waals surface area contributed by atoms with Gasteiger partial charge >= 0.3 is 5.97 Å². The number of esters is 1. The molecule has 0 saturated carbocycles. The lowest BCUT2D eigenvalue weighted by atomic mass is 9.80. The van der Waals surface area contributed by atoms with E-state index in [9.17, 15) is 9.59 Å². The van der Waals surface area contributed by atoms with E-state index in [1.807, 2.05) is 6.07 Å². The van der Waals surface area contributed by atoms with Gasteiger partial charge in [0.1, 0.15) is 0 Å². The molecular formula is C13H14N2O3. The number of hydrogen-bond acceptors (Lipinski definition) is 4. The number of amides is 1. The summed E-state index contributed by atoms with van der Waals surface area (Å²) in [4.78, 5) is 31.1. The number of hydrogen-bond donors (Lipinski definition) is 0. The summed E-state index contributed by atoms with van der Waals surface area (Å²) in [5, 5.41) is 0. The van der Waals surface area contributed by atoms with Crippen molar-refractivity contribution in [1.29, 1.82) is 0 Å². The fourth-order valence-corrected chi connectivity index (χ4v) is 2.04. The Kier molecular flexibility index (Phi) is 3.50. The molecule has 0 saturated heterocycles. The van der Waals surface area contributed by atoms with Crippen molar-refractivity contribution in [3.8, 4) is 0 Å². The van der Waals surface area contributed by atoms with Crippen LogP contribution in [0.3, 0.4) is 0 Å². The number of aromatic nitrogens is 1. The van der Waals surface area contributed by atoms with Gasteiger partial charge in [-0.05, 0) is 19.1 Å². The summed E-state index contributed by atoms with van der Waals surface area (Å²) >= 11 is 0. The van der Waals surface area contributed by atoms with E-state index in [0.29, 0.717) is 12.3 Å². The van der Waals surface area contributed by atoms with Crippen LogP contribution in [0.25, 0.3) is 0 Å². The average Bonchev–Trinajstić information content (AvgIpc) is 2.73. The van der Waals surface area contributed by atoms with Crippen LogP contribution in [-0.4, -0.2) is 29.7 Å². The lowest BCUT2D eigenvalue weighted by Crippen LogP contribution is -2.31. The van der Waals surface area contributed by atoms with Crippen molar-refractivity contribution in [1.82, 2.24) is 4.98 Å². The SMILES string of the molecule is CCOC(=O)CC1(c2ccccn2)C=NC(=O)C1. The highest BCUT2D eigenvalue weighted by Crippen LogP contribution is 2.33. The summed E-state index contributed by atoms with van der Waals surface area (Å²) in [6, 6.07) is 5.41. The van der Waals surface area contributed by atoms with Gasteiger partial charge in [-0.25, -0.2) is 4.99 Å². The quantitative estimate of drug-likeness (QED) is 0.750. The summed E-state index contributed by atoms with van der Waals surface area (Å²) in [5.74, 6) is -0.575. The normalized spacial score (nSPS) is 22.2. The summed E-state index contributed by atoms with van der Waals surface area (Å²) < 4.78 is 4.95. The number of carbonyl (C=O) groups excluding carboxylic acids is 2. The minimum Gasteiger partial charge on any atom is -0.466 e. The second-order valence-electron chi connectivity index (χ2n) is 4.18. The molecule has 5 nitrogen and oxygen atoms in total. The Hall–Kier alpha value is -2.04. The van der Waals surface area contributed by atoms with E-state index in [1.54, 1.807) is 25.3 Å². The van der Waals surface area contributed by atoms with Gasteiger partial charge in [0.25, 0.3) is 0 Å². The first kappa shape index (κ1) is 12.4. The molecule has 0 aliphatic carbocycles. The molecule has 0 spiro atoms. The van der Waals surface area contributed by atoms with Gasteiger partial charge < -0.3 is 4.74 Å². The minimum absolute atomic E-state index is 0.0904. The van der Waals surface area contributed by atoms with Crippen LogP contribution in [0.5, 0.6) is 0 Å². The van der Waals surface area contributed by atoms with E-state index in [4.69, 9.17) is 4.74 Å². The Morgan fingerprint density at radius 1 is 1.50 bits per heavy atom. The van der Waals surface area contributed by atoms with Gasteiger partial charge in [-0.1, -0.05) is 6.07 Å². The lowest BCUT2D eigenvalue weighted by Gasteiger charge is -2.23. The molecule has 1 aromatic heterocycles. The molecule has 0 radical (unpaired) electrons. The molecule has 1 aromatic rings. The highest BCUT2D eigenvalue weighted by atomic mass is 16.5. The molecule has 18 heavy (non-hydrogen) atoms. The van der Waals surface area contributed by atoms with Gasteiger partial charge in [-0.2, -0.15) is 0 Å². The van der Waals surface area contributed by atoms with Crippen molar-refractivity contribution in [2.24, 2.45) is 4.99 Å². The first-order valence-electron chi connectivity index (χ1n) is 5.81. The third-order valence-electron chi connectivity index (χ3n) is 2.86. The standard InChI is InChI=1S/C13H14N2O3/c1-2-18-12(17)8-13(7-11(16)15-9-13)10-5-3-4-6-14-10/h3-6,9H,2,7-8H2,1H3. The number of rotatable bonds is 4. The molecule has 1 atom stereocenters. The Morgan fingerprint density at radius 3 is 2.89 bits per heavy atom. The van der Waals surface area contributed by atoms with E-state index < -0.39 is 5.41 Å².